The largest absolute Gasteiger partial charge is 0.481 e. The highest BCUT2D eigenvalue weighted by Crippen LogP contribution is 2.39. The number of anilines is 1. The van der Waals surface area contributed by atoms with E-state index in [9.17, 15) is 4.79 Å². The van der Waals surface area contributed by atoms with Gasteiger partial charge in [0.1, 0.15) is 5.65 Å². The molecule has 0 bridgehead atoms. The zero-order valence-corrected chi connectivity index (χ0v) is 19.7. The Balaban J connectivity index is 1.72. The van der Waals surface area contributed by atoms with Gasteiger partial charge in [0.15, 0.2) is 0 Å². The summed E-state index contributed by atoms with van der Waals surface area (Å²) < 4.78 is 1.95. The van der Waals surface area contributed by atoms with E-state index in [1.54, 1.807) is 12.1 Å². The highest BCUT2D eigenvalue weighted by atomic mass is 35.5. The molecule has 1 saturated heterocycles. The van der Waals surface area contributed by atoms with Crippen LogP contribution in [0.2, 0.25) is 15.1 Å². The molecular weight excluding hydrogens is 457 g/mol. The lowest BCUT2D eigenvalue weighted by Gasteiger charge is -2.34. The van der Waals surface area contributed by atoms with Crippen LogP contribution in [0.4, 0.5) is 5.69 Å². The van der Waals surface area contributed by atoms with E-state index >= 15 is 0 Å². The van der Waals surface area contributed by atoms with Crippen LogP contribution in [0.5, 0.6) is 0 Å². The molecule has 164 valence electrons. The summed E-state index contributed by atoms with van der Waals surface area (Å²) in [7, 11) is 0. The fourth-order valence-corrected chi connectivity index (χ4v) is 5.49. The summed E-state index contributed by atoms with van der Waals surface area (Å²) in [6, 6.07) is 5.50. The quantitative estimate of drug-likeness (QED) is 0.442. The Bertz CT molecular complexity index is 1130. The second-order valence-electron chi connectivity index (χ2n) is 8.24. The maximum absolute atomic E-state index is 10.9. The normalized spacial score (nSPS) is 15.1. The van der Waals surface area contributed by atoms with Crippen molar-refractivity contribution in [3.63, 3.8) is 0 Å². The third-order valence-electron chi connectivity index (χ3n) is 6.00. The number of aliphatic carboxylic acids is 1. The van der Waals surface area contributed by atoms with Crippen molar-refractivity contribution in [2.75, 3.05) is 18.0 Å². The molecule has 1 fully saturated rings. The molecule has 2 aromatic heterocycles. The molecule has 0 spiro atoms. The fourth-order valence-electron chi connectivity index (χ4n) is 4.49. The molecule has 1 aliphatic heterocycles. The van der Waals surface area contributed by atoms with Crippen LogP contribution in [0, 0.1) is 19.8 Å². The zero-order chi connectivity index (χ0) is 22.3. The summed E-state index contributed by atoms with van der Waals surface area (Å²) in [5.41, 5.74) is 4.63. The van der Waals surface area contributed by atoms with Crippen molar-refractivity contribution in [2.45, 2.75) is 39.5 Å². The van der Waals surface area contributed by atoms with Crippen LogP contribution in [0.15, 0.2) is 24.4 Å². The summed E-state index contributed by atoms with van der Waals surface area (Å²) in [5.74, 6) is -0.256. The van der Waals surface area contributed by atoms with Gasteiger partial charge in [-0.1, -0.05) is 34.8 Å². The molecule has 1 aliphatic rings. The summed E-state index contributed by atoms with van der Waals surface area (Å²) in [5, 5.41) is 11.5. The van der Waals surface area contributed by atoms with Crippen LogP contribution in [0.3, 0.4) is 0 Å². The summed E-state index contributed by atoms with van der Waals surface area (Å²) >= 11 is 19.1. The molecule has 0 saturated carbocycles. The minimum Gasteiger partial charge on any atom is -0.481 e. The molecule has 3 heterocycles. The number of halogens is 3. The Morgan fingerprint density at radius 1 is 1.13 bits per heavy atom. The molecule has 1 aromatic carbocycles. The van der Waals surface area contributed by atoms with Gasteiger partial charge in [0.25, 0.3) is 0 Å². The second kappa shape index (κ2) is 8.89. The molecule has 8 heteroatoms. The van der Waals surface area contributed by atoms with Gasteiger partial charge >= 0.3 is 5.97 Å². The van der Waals surface area contributed by atoms with E-state index in [2.05, 4.69) is 17.9 Å². The average molecular weight is 481 g/mol. The van der Waals surface area contributed by atoms with E-state index in [4.69, 9.17) is 44.9 Å². The lowest BCUT2D eigenvalue weighted by molar-refractivity contribution is -0.137. The second-order valence-corrected chi connectivity index (χ2v) is 9.50. The molecule has 5 nitrogen and oxygen atoms in total. The van der Waals surface area contributed by atoms with E-state index in [-0.39, 0.29) is 6.42 Å². The first-order valence-electron chi connectivity index (χ1n) is 10.4. The number of benzene rings is 1. The third kappa shape index (κ3) is 4.50. The Kier molecular flexibility index (Phi) is 6.38. The van der Waals surface area contributed by atoms with Crippen molar-refractivity contribution < 1.29 is 9.90 Å². The van der Waals surface area contributed by atoms with Crippen LogP contribution >= 0.6 is 34.8 Å². The van der Waals surface area contributed by atoms with Crippen LogP contribution in [-0.4, -0.2) is 33.7 Å². The van der Waals surface area contributed by atoms with Crippen LogP contribution in [-0.2, 0) is 4.79 Å². The van der Waals surface area contributed by atoms with E-state index < -0.39 is 5.97 Å². The number of rotatable bonds is 5. The number of nitrogens with zero attached hydrogens (tertiary/aromatic N) is 3. The highest BCUT2D eigenvalue weighted by Gasteiger charge is 2.24. The predicted molar refractivity (Wildman–Crippen MR) is 127 cm³/mol. The number of fused-ring (bicyclic) bond motifs is 1. The van der Waals surface area contributed by atoms with Crippen molar-refractivity contribution in [2.24, 2.45) is 5.92 Å². The smallest absolute Gasteiger partial charge is 0.303 e. The molecule has 0 aliphatic carbocycles. The van der Waals surface area contributed by atoms with Crippen molar-refractivity contribution in [1.29, 1.82) is 0 Å². The molecule has 4 rings (SSSR count). The molecule has 0 atom stereocenters. The minimum absolute atomic E-state index is 0.244. The minimum atomic E-state index is -0.717. The van der Waals surface area contributed by atoms with E-state index in [0.29, 0.717) is 26.7 Å². The summed E-state index contributed by atoms with van der Waals surface area (Å²) in [6.07, 6.45) is 4.99. The van der Waals surface area contributed by atoms with Gasteiger partial charge in [0.05, 0.1) is 15.7 Å². The van der Waals surface area contributed by atoms with Crippen LogP contribution in [0.1, 0.15) is 36.9 Å². The maximum atomic E-state index is 10.9. The standard InChI is InChI=1S/C23H24Cl3N3O2/c1-13-12-29(22-17(25)10-16(24)11-18(22)26)23-21(13)19(9-14(2)27-23)28-7-5-15(6-8-28)3-4-20(30)31/h9-12,15H,3-8H2,1-2H3,(H,30,31). The van der Waals surface area contributed by atoms with E-state index in [0.717, 1.165) is 60.3 Å². The average Bonchev–Trinajstić information content (AvgIpc) is 3.01. The molecule has 0 amide bonds. The number of hydrogen-bond acceptors (Lipinski definition) is 3. The van der Waals surface area contributed by atoms with Gasteiger partial charge in [-0.25, -0.2) is 4.98 Å². The lowest BCUT2D eigenvalue weighted by Crippen LogP contribution is -2.34. The van der Waals surface area contributed by atoms with Gasteiger partial charge in [-0.2, -0.15) is 0 Å². The van der Waals surface area contributed by atoms with Crippen molar-refractivity contribution in [1.82, 2.24) is 9.55 Å². The van der Waals surface area contributed by atoms with Crippen LogP contribution < -0.4 is 4.90 Å². The van der Waals surface area contributed by atoms with Crippen molar-refractivity contribution in [3.8, 4) is 5.69 Å². The number of carboxylic acids is 1. The lowest BCUT2D eigenvalue weighted by atomic mass is 9.91. The number of aryl methyl sites for hydroxylation is 2. The predicted octanol–water partition coefficient (Wildman–Crippen LogP) is 6.68. The summed E-state index contributed by atoms with van der Waals surface area (Å²) in [6.45, 7) is 5.85. The van der Waals surface area contributed by atoms with E-state index in [1.165, 1.54) is 0 Å². The number of hydrogen-bond donors (Lipinski definition) is 1. The Hall–Kier alpha value is -1.95. The van der Waals surface area contributed by atoms with Gasteiger partial charge in [-0.3, -0.25) is 9.36 Å². The highest BCUT2D eigenvalue weighted by molar-refractivity contribution is 6.40. The van der Waals surface area contributed by atoms with Gasteiger partial charge < -0.3 is 10.0 Å². The van der Waals surface area contributed by atoms with Gasteiger partial charge in [-0.15, -0.1) is 0 Å². The first kappa shape index (κ1) is 22.3. The number of carbonyl (C=O) groups is 1. The Morgan fingerprint density at radius 2 is 1.77 bits per heavy atom. The fraction of sp³-hybridized carbons (Fsp3) is 0.391. The van der Waals surface area contributed by atoms with Gasteiger partial charge in [0, 0.05) is 47.5 Å². The number of aromatic nitrogens is 2. The molecule has 31 heavy (non-hydrogen) atoms. The zero-order valence-electron chi connectivity index (χ0n) is 17.5. The van der Waals surface area contributed by atoms with E-state index in [1.807, 2.05) is 17.7 Å². The Morgan fingerprint density at radius 3 is 2.39 bits per heavy atom. The number of carboxylic acid groups (broad SMARTS) is 1. The maximum Gasteiger partial charge on any atom is 0.303 e. The topological polar surface area (TPSA) is 58.4 Å². The van der Waals surface area contributed by atoms with Gasteiger partial charge in [-0.05, 0) is 62.8 Å². The number of piperidine rings is 1. The SMILES string of the molecule is Cc1cc(N2CCC(CCC(=O)O)CC2)c2c(C)cn(-c3c(Cl)cc(Cl)cc3Cl)c2n1. The molecule has 0 radical (unpaired) electrons. The Labute approximate surface area is 196 Å². The number of pyridine rings is 1. The third-order valence-corrected chi connectivity index (χ3v) is 6.79. The first-order valence-corrected chi connectivity index (χ1v) is 11.5. The van der Waals surface area contributed by atoms with Crippen molar-refractivity contribution in [3.05, 3.63) is 50.7 Å². The molecule has 1 N–H and O–H groups in total. The van der Waals surface area contributed by atoms with Crippen molar-refractivity contribution >= 4 is 57.5 Å². The molecule has 0 unspecified atom stereocenters. The monoisotopic (exact) mass is 479 g/mol. The molecular formula is C23H24Cl3N3O2. The summed E-state index contributed by atoms with van der Waals surface area (Å²) in [4.78, 5) is 18.1. The van der Waals surface area contributed by atoms with Crippen LogP contribution in [0.25, 0.3) is 16.7 Å². The van der Waals surface area contributed by atoms with Gasteiger partial charge in [0.2, 0.25) is 0 Å². The molecule has 3 aromatic rings. The first-order chi connectivity index (χ1) is 14.7.